The normalized spacial score (nSPS) is 16.9. The highest BCUT2D eigenvalue weighted by Gasteiger charge is 2.29. The Kier molecular flexibility index (Phi) is 8.03. The maximum Gasteiger partial charge on any atom is 0.307 e. The Labute approximate surface area is 189 Å². The minimum atomic E-state index is -0.961. The summed E-state index contributed by atoms with van der Waals surface area (Å²) in [6.45, 7) is 4.68. The number of benzene rings is 2. The third-order valence-corrected chi connectivity index (χ3v) is 5.89. The SMILES string of the molecule is CC[C@@H]1CN(Cc2ccc(F)cc2)CCN1C(=O)COc1ccc(Br)cc1CC(=O)O. The van der Waals surface area contributed by atoms with E-state index in [1.807, 2.05) is 11.8 Å². The molecule has 0 bridgehead atoms. The third kappa shape index (κ3) is 6.51. The molecule has 1 atom stereocenters. The first-order valence-corrected chi connectivity index (χ1v) is 11.0. The van der Waals surface area contributed by atoms with Gasteiger partial charge in [0.1, 0.15) is 11.6 Å². The second-order valence-electron chi connectivity index (χ2n) is 7.62. The van der Waals surface area contributed by atoms with Crippen molar-refractivity contribution >= 4 is 27.8 Å². The standard InChI is InChI=1S/C23H26BrFN2O4/c1-2-20-14-26(13-16-3-6-19(25)7-4-16)9-10-27(20)22(28)15-31-21-8-5-18(24)11-17(21)12-23(29)30/h3-8,11,20H,2,9-10,12-15H2,1H3,(H,29,30)/t20-/m1/s1. The monoisotopic (exact) mass is 492 g/mol. The fourth-order valence-corrected chi connectivity index (χ4v) is 4.21. The molecular weight excluding hydrogens is 467 g/mol. The van der Waals surface area contributed by atoms with Gasteiger partial charge in [0.2, 0.25) is 0 Å². The summed E-state index contributed by atoms with van der Waals surface area (Å²) in [4.78, 5) is 28.1. The van der Waals surface area contributed by atoms with Gasteiger partial charge in [-0.15, -0.1) is 0 Å². The van der Waals surface area contributed by atoms with E-state index in [1.165, 1.54) is 12.1 Å². The molecule has 1 heterocycles. The van der Waals surface area contributed by atoms with Crippen LogP contribution < -0.4 is 4.74 Å². The van der Waals surface area contributed by atoms with Crippen LogP contribution in [0.3, 0.4) is 0 Å². The number of aliphatic carboxylic acids is 1. The van der Waals surface area contributed by atoms with E-state index in [1.54, 1.807) is 30.3 Å². The molecule has 0 aliphatic carbocycles. The molecule has 0 unspecified atom stereocenters. The van der Waals surface area contributed by atoms with Gasteiger partial charge in [-0.1, -0.05) is 35.0 Å². The van der Waals surface area contributed by atoms with E-state index in [2.05, 4.69) is 20.8 Å². The molecule has 1 N–H and O–H groups in total. The van der Waals surface area contributed by atoms with Crippen molar-refractivity contribution < 1.29 is 23.8 Å². The predicted molar refractivity (Wildman–Crippen MR) is 118 cm³/mol. The first-order chi connectivity index (χ1) is 14.9. The van der Waals surface area contributed by atoms with E-state index in [4.69, 9.17) is 9.84 Å². The zero-order chi connectivity index (χ0) is 22.4. The molecule has 0 saturated carbocycles. The quantitative estimate of drug-likeness (QED) is 0.607. The third-order valence-electron chi connectivity index (χ3n) is 5.39. The fraction of sp³-hybridized carbons (Fsp3) is 0.391. The Hall–Kier alpha value is -2.45. The van der Waals surface area contributed by atoms with E-state index in [0.717, 1.165) is 29.5 Å². The number of ether oxygens (including phenoxy) is 1. The molecule has 8 heteroatoms. The number of carboxylic acids is 1. The molecule has 0 radical (unpaired) electrons. The van der Waals surface area contributed by atoms with Crippen LogP contribution in [0.4, 0.5) is 4.39 Å². The molecule has 1 aliphatic rings. The molecule has 1 fully saturated rings. The number of carbonyl (C=O) groups excluding carboxylic acids is 1. The Morgan fingerprint density at radius 3 is 2.61 bits per heavy atom. The van der Waals surface area contributed by atoms with E-state index in [9.17, 15) is 14.0 Å². The van der Waals surface area contributed by atoms with Crippen molar-refractivity contribution in [1.82, 2.24) is 9.80 Å². The number of hydrogen-bond acceptors (Lipinski definition) is 4. The second kappa shape index (κ2) is 10.7. The van der Waals surface area contributed by atoms with Crippen LogP contribution in [-0.2, 0) is 22.6 Å². The lowest BCUT2D eigenvalue weighted by atomic mass is 10.1. The lowest BCUT2D eigenvalue weighted by molar-refractivity contribution is -0.138. The zero-order valence-electron chi connectivity index (χ0n) is 17.4. The maximum atomic E-state index is 13.1. The van der Waals surface area contributed by atoms with Gasteiger partial charge in [-0.25, -0.2) is 4.39 Å². The summed E-state index contributed by atoms with van der Waals surface area (Å²) >= 11 is 3.33. The number of piperazine rings is 1. The number of amides is 1. The molecule has 2 aromatic carbocycles. The lowest BCUT2D eigenvalue weighted by Gasteiger charge is -2.41. The van der Waals surface area contributed by atoms with Gasteiger partial charge in [0.25, 0.3) is 5.91 Å². The topological polar surface area (TPSA) is 70.1 Å². The van der Waals surface area contributed by atoms with Gasteiger partial charge in [-0.05, 0) is 42.3 Å². The van der Waals surface area contributed by atoms with Gasteiger partial charge in [0.15, 0.2) is 6.61 Å². The molecule has 6 nitrogen and oxygen atoms in total. The molecule has 1 amide bonds. The minimum Gasteiger partial charge on any atom is -0.483 e. The summed E-state index contributed by atoms with van der Waals surface area (Å²) in [5, 5.41) is 9.11. The van der Waals surface area contributed by atoms with Crippen molar-refractivity contribution in [1.29, 1.82) is 0 Å². The van der Waals surface area contributed by atoms with Crippen LogP contribution >= 0.6 is 15.9 Å². The van der Waals surface area contributed by atoms with Gasteiger partial charge >= 0.3 is 5.97 Å². The molecule has 0 spiro atoms. The number of carbonyl (C=O) groups is 2. The molecule has 0 aromatic heterocycles. The van der Waals surface area contributed by atoms with Crippen molar-refractivity contribution in [3.8, 4) is 5.75 Å². The zero-order valence-corrected chi connectivity index (χ0v) is 19.0. The molecule has 3 rings (SSSR count). The molecule has 2 aromatic rings. The summed E-state index contributed by atoms with van der Waals surface area (Å²) in [5.41, 5.74) is 1.56. The number of halogens is 2. The van der Waals surface area contributed by atoms with Crippen LogP contribution in [-0.4, -0.2) is 59.1 Å². The van der Waals surface area contributed by atoms with Crippen LogP contribution in [0.5, 0.6) is 5.75 Å². The Balaban J connectivity index is 1.58. The summed E-state index contributed by atoms with van der Waals surface area (Å²) in [5.74, 6) is -0.917. The minimum absolute atomic E-state index is 0.0636. The fourth-order valence-electron chi connectivity index (χ4n) is 3.80. The molecule has 31 heavy (non-hydrogen) atoms. The van der Waals surface area contributed by atoms with Crippen molar-refractivity contribution in [3.63, 3.8) is 0 Å². The van der Waals surface area contributed by atoms with Gasteiger partial charge < -0.3 is 14.7 Å². The molecule has 166 valence electrons. The van der Waals surface area contributed by atoms with Crippen LogP contribution in [0.15, 0.2) is 46.9 Å². The van der Waals surface area contributed by atoms with Crippen LogP contribution in [0.2, 0.25) is 0 Å². The number of hydrogen-bond donors (Lipinski definition) is 1. The number of carboxylic acid groups (broad SMARTS) is 1. The lowest BCUT2D eigenvalue weighted by Crippen LogP contribution is -2.55. The highest BCUT2D eigenvalue weighted by atomic mass is 79.9. The van der Waals surface area contributed by atoms with Gasteiger partial charge in [0, 0.05) is 42.3 Å². The van der Waals surface area contributed by atoms with Crippen molar-refractivity contribution in [2.45, 2.75) is 32.4 Å². The molecule has 1 aliphatic heterocycles. The van der Waals surface area contributed by atoms with Gasteiger partial charge in [-0.2, -0.15) is 0 Å². The summed E-state index contributed by atoms with van der Waals surface area (Å²) in [6, 6.07) is 11.7. The van der Waals surface area contributed by atoms with Crippen LogP contribution in [0.25, 0.3) is 0 Å². The summed E-state index contributed by atoms with van der Waals surface area (Å²) < 4.78 is 19.6. The van der Waals surface area contributed by atoms with Gasteiger partial charge in [-0.3, -0.25) is 14.5 Å². The predicted octanol–water partition coefficient (Wildman–Crippen LogP) is 3.72. The summed E-state index contributed by atoms with van der Waals surface area (Å²) in [6.07, 6.45) is 0.636. The van der Waals surface area contributed by atoms with Crippen molar-refractivity contribution in [2.75, 3.05) is 26.2 Å². The summed E-state index contributed by atoms with van der Waals surface area (Å²) in [7, 11) is 0. The first kappa shape index (κ1) is 23.2. The first-order valence-electron chi connectivity index (χ1n) is 10.2. The van der Waals surface area contributed by atoms with E-state index in [-0.39, 0.29) is 30.8 Å². The Morgan fingerprint density at radius 1 is 1.19 bits per heavy atom. The van der Waals surface area contributed by atoms with Crippen LogP contribution in [0.1, 0.15) is 24.5 Å². The Bertz CT molecular complexity index is 922. The highest BCUT2D eigenvalue weighted by Crippen LogP contribution is 2.24. The van der Waals surface area contributed by atoms with E-state index < -0.39 is 5.97 Å². The smallest absolute Gasteiger partial charge is 0.307 e. The largest absolute Gasteiger partial charge is 0.483 e. The van der Waals surface area contributed by atoms with E-state index >= 15 is 0 Å². The van der Waals surface area contributed by atoms with Crippen molar-refractivity contribution in [3.05, 3.63) is 63.9 Å². The molecular formula is C23H26BrFN2O4. The highest BCUT2D eigenvalue weighted by molar-refractivity contribution is 9.10. The molecule has 1 saturated heterocycles. The van der Waals surface area contributed by atoms with Gasteiger partial charge in [0.05, 0.1) is 6.42 Å². The van der Waals surface area contributed by atoms with Crippen LogP contribution in [0, 0.1) is 5.82 Å². The maximum absolute atomic E-state index is 13.1. The average Bonchev–Trinajstić information content (AvgIpc) is 2.74. The van der Waals surface area contributed by atoms with Crippen molar-refractivity contribution in [2.24, 2.45) is 0 Å². The second-order valence-corrected chi connectivity index (χ2v) is 8.54. The number of nitrogens with zero attached hydrogens (tertiary/aromatic N) is 2. The average molecular weight is 493 g/mol. The Morgan fingerprint density at radius 2 is 1.94 bits per heavy atom. The number of rotatable bonds is 8. The van der Waals surface area contributed by atoms with E-state index in [0.29, 0.717) is 24.4 Å².